The smallest absolute Gasteiger partial charge is 0.340 e. The Labute approximate surface area is 163 Å². The minimum Gasteiger partial charge on any atom is -0.452 e. The second-order valence-corrected chi connectivity index (χ2v) is 8.40. The molecule has 0 aliphatic carbocycles. The zero-order chi connectivity index (χ0) is 20.8. The lowest BCUT2D eigenvalue weighted by Crippen LogP contribution is -2.44. The number of carbonyl (C=O) groups is 3. The third kappa shape index (κ3) is 6.49. The molecule has 0 aliphatic heterocycles. The minimum absolute atomic E-state index is 0.0346. The number of nitrogens with zero attached hydrogens (tertiary/aromatic N) is 1. The summed E-state index contributed by atoms with van der Waals surface area (Å²) in [6.45, 7) is 2.90. The number of hydrogen-bond acceptors (Lipinski definition) is 6. The van der Waals surface area contributed by atoms with Gasteiger partial charge in [0.25, 0.3) is 5.91 Å². The van der Waals surface area contributed by atoms with Crippen LogP contribution in [0.1, 0.15) is 30.6 Å². The number of carbonyl (C=O) groups excluding carboxylic acids is 3. The predicted octanol–water partition coefficient (Wildman–Crippen LogP) is 1.37. The number of hydrogen-bond donors (Lipinski definition) is 2. The van der Waals surface area contributed by atoms with Crippen molar-refractivity contribution in [3.8, 4) is 0 Å². The molecule has 27 heavy (non-hydrogen) atoms. The number of benzene rings is 1. The molecule has 1 aromatic carbocycles. The molecule has 0 aromatic heterocycles. The highest BCUT2D eigenvalue weighted by molar-refractivity contribution is 7.89. The van der Waals surface area contributed by atoms with Crippen molar-refractivity contribution < 1.29 is 27.5 Å². The molecule has 1 aromatic rings. The summed E-state index contributed by atoms with van der Waals surface area (Å²) in [5.74, 6) is -1.83. The highest BCUT2D eigenvalue weighted by atomic mass is 35.5. The molecule has 0 unspecified atom stereocenters. The highest BCUT2D eigenvalue weighted by Gasteiger charge is 2.22. The van der Waals surface area contributed by atoms with E-state index in [4.69, 9.17) is 16.3 Å². The maximum Gasteiger partial charge on any atom is 0.340 e. The molecule has 9 nitrogen and oxygen atoms in total. The number of rotatable bonds is 7. The Bertz CT molecular complexity index is 825. The summed E-state index contributed by atoms with van der Waals surface area (Å²) in [7, 11) is -1.09. The summed E-state index contributed by atoms with van der Waals surface area (Å²) >= 11 is 5.92. The van der Waals surface area contributed by atoms with Crippen LogP contribution in [-0.2, 0) is 19.6 Å². The largest absolute Gasteiger partial charge is 0.452 e. The Hall–Kier alpha value is -2.17. The third-order valence-corrected chi connectivity index (χ3v) is 5.65. The van der Waals surface area contributed by atoms with Gasteiger partial charge in [0.05, 0.1) is 15.5 Å². The average molecular weight is 420 g/mol. The quantitative estimate of drug-likeness (QED) is 0.643. The zero-order valence-electron chi connectivity index (χ0n) is 15.4. The Kier molecular flexibility index (Phi) is 8.20. The molecule has 0 bridgehead atoms. The van der Waals surface area contributed by atoms with Gasteiger partial charge in [-0.2, -0.15) is 0 Å². The van der Waals surface area contributed by atoms with Crippen LogP contribution in [0.5, 0.6) is 0 Å². The maximum absolute atomic E-state index is 12.1. The second kappa shape index (κ2) is 9.67. The number of amides is 3. The molecular formula is C16H22ClN3O6S. The molecule has 150 valence electrons. The van der Waals surface area contributed by atoms with Crippen LogP contribution in [0.15, 0.2) is 23.1 Å². The van der Waals surface area contributed by atoms with E-state index in [-0.39, 0.29) is 21.5 Å². The first-order chi connectivity index (χ1) is 12.5. The van der Waals surface area contributed by atoms with Gasteiger partial charge in [0.2, 0.25) is 10.0 Å². The number of ether oxygens (including phenoxy) is 1. The zero-order valence-corrected chi connectivity index (χ0v) is 17.0. The monoisotopic (exact) mass is 419 g/mol. The first-order valence-corrected chi connectivity index (χ1v) is 9.80. The number of nitrogens with one attached hydrogen (secondary N) is 2. The molecule has 0 fully saturated rings. The van der Waals surface area contributed by atoms with E-state index >= 15 is 0 Å². The van der Waals surface area contributed by atoms with Crippen molar-refractivity contribution in [1.82, 2.24) is 14.9 Å². The van der Waals surface area contributed by atoms with E-state index < -0.39 is 34.5 Å². The molecule has 0 heterocycles. The standard InChI is InChI=1S/C16H22ClN3O6S/c1-5-10(2)18-16(23)19-14(21)9-26-15(22)12-8-11(6-7-13(12)17)27(24,25)20(3)4/h6-8,10H,5,9H2,1-4H3,(H2,18,19,21,23)/t10-/m1/s1. The lowest BCUT2D eigenvalue weighted by Gasteiger charge is -2.13. The Morgan fingerprint density at radius 2 is 1.89 bits per heavy atom. The van der Waals surface area contributed by atoms with Gasteiger partial charge in [-0.25, -0.2) is 22.3 Å². The van der Waals surface area contributed by atoms with E-state index in [1.54, 1.807) is 6.92 Å². The molecule has 0 aliphatic rings. The average Bonchev–Trinajstić information content (AvgIpc) is 2.59. The fraction of sp³-hybridized carbons (Fsp3) is 0.438. The number of esters is 1. The topological polar surface area (TPSA) is 122 Å². The van der Waals surface area contributed by atoms with E-state index in [2.05, 4.69) is 5.32 Å². The van der Waals surface area contributed by atoms with Crippen LogP contribution in [0.4, 0.5) is 4.79 Å². The molecule has 2 N–H and O–H groups in total. The van der Waals surface area contributed by atoms with Gasteiger partial charge in [-0.1, -0.05) is 18.5 Å². The number of urea groups is 1. The van der Waals surface area contributed by atoms with E-state index in [1.807, 2.05) is 12.2 Å². The summed E-state index contributed by atoms with van der Waals surface area (Å²) in [6, 6.07) is 2.73. The van der Waals surface area contributed by atoms with Crippen LogP contribution in [0, 0.1) is 0 Å². The number of imide groups is 1. The van der Waals surface area contributed by atoms with Crippen molar-refractivity contribution in [2.24, 2.45) is 0 Å². The summed E-state index contributed by atoms with van der Waals surface area (Å²) in [5.41, 5.74) is -0.212. The first kappa shape index (κ1) is 22.9. The van der Waals surface area contributed by atoms with Crippen LogP contribution >= 0.6 is 11.6 Å². The number of halogens is 1. The SMILES string of the molecule is CC[C@@H](C)NC(=O)NC(=O)COC(=O)c1cc(S(=O)(=O)N(C)C)ccc1Cl. The van der Waals surface area contributed by atoms with Crippen molar-refractivity contribution in [3.63, 3.8) is 0 Å². The van der Waals surface area contributed by atoms with Gasteiger partial charge in [0, 0.05) is 20.1 Å². The Balaban J connectivity index is 2.78. The normalized spacial score (nSPS) is 12.4. The van der Waals surface area contributed by atoms with E-state index in [9.17, 15) is 22.8 Å². The van der Waals surface area contributed by atoms with Gasteiger partial charge in [-0.15, -0.1) is 0 Å². The Morgan fingerprint density at radius 1 is 1.26 bits per heavy atom. The molecule has 0 saturated carbocycles. The van der Waals surface area contributed by atoms with Crippen LogP contribution in [-0.4, -0.2) is 57.4 Å². The van der Waals surface area contributed by atoms with Crippen molar-refractivity contribution >= 4 is 39.5 Å². The fourth-order valence-corrected chi connectivity index (χ4v) is 2.89. The van der Waals surface area contributed by atoms with Crippen molar-refractivity contribution in [1.29, 1.82) is 0 Å². The summed E-state index contributed by atoms with van der Waals surface area (Å²) in [5, 5.41) is 4.50. The van der Waals surface area contributed by atoms with Crippen molar-refractivity contribution in [3.05, 3.63) is 28.8 Å². The third-order valence-electron chi connectivity index (χ3n) is 3.51. The summed E-state index contributed by atoms with van der Waals surface area (Å²) < 4.78 is 30.1. The van der Waals surface area contributed by atoms with Gasteiger partial charge >= 0.3 is 12.0 Å². The van der Waals surface area contributed by atoms with Crippen LogP contribution in [0.3, 0.4) is 0 Å². The second-order valence-electron chi connectivity index (χ2n) is 5.84. The molecule has 0 saturated heterocycles. The van der Waals surface area contributed by atoms with Gasteiger partial charge in [0.15, 0.2) is 6.61 Å². The summed E-state index contributed by atoms with van der Waals surface area (Å²) in [6.07, 6.45) is 0.682. The van der Waals surface area contributed by atoms with Crippen molar-refractivity contribution in [2.45, 2.75) is 31.2 Å². The Morgan fingerprint density at radius 3 is 2.44 bits per heavy atom. The van der Waals surface area contributed by atoms with E-state index in [1.165, 1.54) is 26.2 Å². The lowest BCUT2D eigenvalue weighted by molar-refractivity contribution is -0.123. The van der Waals surface area contributed by atoms with Gasteiger partial charge in [0.1, 0.15) is 0 Å². The van der Waals surface area contributed by atoms with Gasteiger partial charge < -0.3 is 10.1 Å². The number of sulfonamides is 1. The summed E-state index contributed by atoms with van der Waals surface area (Å²) in [4.78, 5) is 35.2. The highest BCUT2D eigenvalue weighted by Crippen LogP contribution is 2.22. The molecule has 1 rings (SSSR count). The van der Waals surface area contributed by atoms with Crippen LogP contribution < -0.4 is 10.6 Å². The van der Waals surface area contributed by atoms with Gasteiger partial charge in [-0.3, -0.25) is 10.1 Å². The first-order valence-electron chi connectivity index (χ1n) is 7.98. The van der Waals surface area contributed by atoms with Gasteiger partial charge in [-0.05, 0) is 31.5 Å². The van der Waals surface area contributed by atoms with Crippen LogP contribution in [0.25, 0.3) is 0 Å². The maximum atomic E-state index is 12.1. The lowest BCUT2D eigenvalue weighted by atomic mass is 10.2. The predicted molar refractivity (Wildman–Crippen MR) is 99.0 cm³/mol. The molecule has 0 spiro atoms. The fourth-order valence-electron chi connectivity index (χ4n) is 1.77. The van der Waals surface area contributed by atoms with E-state index in [0.29, 0.717) is 6.42 Å². The van der Waals surface area contributed by atoms with Crippen molar-refractivity contribution in [2.75, 3.05) is 20.7 Å². The molecule has 1 atom stereocenters. The minimum atomic E-state index is -3.78. The molecule has 11 heteroatoms. The molecular weight excluding hydrogens is 398 g/mol. The molecule has 3 amide bonds. The molecule has 0 radical (unpaired) electrons. The van der Waals surface area contributed by atoms with E-state index in [0.717, 1.165) is 10.4 Å². The van der Waals surface area contributed by atoms with Crippen LogP contribution in [0.2, 0.25) is 5.02 Å².